The number of aldehydes is 1. The molecule has 2 rings (SSSR count). The van der Waals surface area contributed by atoms with Crippen LogP contribution in [0.1, 0.15) is 37.0 Å². The SMILES string of the molecule is CC(=O)Nc1c(Cl)cc(C(=O)NC(C)C(=O)N2CC(F)(F)C[C@H]2C(=O)N[C@H](C=O)CC(=O)O)cc1Cl. The zero-order valence-corrected chi connectivity index (χ0v) is 20.5. The number of anilines is 1. The van der Waals surface area contributed by atoms with E-state index in [9.17, 15) is 37.5 Å². The van der Waals surface area contributed by atoms with Crippen molar-refractivity contribution < 1.29 is 42.7 Å². The lowest BCUT2D eigenvalue weighted by molar-refractivity contribution is -0.142. The fourth-order valence-corrected chi connectivity index (χ4v) is 4.05. The second kappa shape index (κ2) is 11.6. The van der Waals surface area contributed by atoms with Crippen molar-refractivity contribution in [2.75, 3.05) is 11.9 Å². The summed E-state index contributed by atoms with van der Waals surface area (Å²) in [4.78, 5) is 71.7. The molecule has 0 saturated carbocycles. The van der Waals surface area contributed by atoms with Gasteiger partial charge in [-0.25, -0.2) is 8.78 Å². The molecule has 1 fully saturated rings. The van der Waals surface area contributed by atoms with Gasteiger partial charge in [0.05, 0.1) is 34.7 Å². The van der Waals surface area contributed by atoms with E-state index in [1.54, 1.807) is 0 Å². The van der Waals surface area contributed by atoms with Gasteiger partial charge in [-0.15, -0.1) is 0 Å². The molecule has 1 saturated heterocycles. The van der Waals surface area contributed by atoms with Gasteiger partial charge in [-0.3, -0.25) is 24.0 Å². The van der Waals surface area contributed by atoms with Crippen LogP contribution in [0.5, 0.6) is 0 Å². The van der Waals surface area contributed by atoms with Crippen LogP contribution in [0.15, 0.2) is 12.1 Å². The van der Waals surface area contributed by atoms with E-state index in [0.717, 1.165) is 0 Å². The standard InChI is InChI=1S/C21H22Cl2F2N4O7/c1-9(26-18(34)11-3-13(22)17(14(23)4-11)27-10(2)31)20(36)29-8-21(24,25)6-15(29)19(35)28-12(7-30)5-16(32)33/h3-4,7,9,12,15H,5-6,8H2,1-2H3,(H,26,34)(H,27,31)(H,28,35)(H,32,33)/t9?,12-,15-/m0/s1. The molecule has 1 heterocycles. The first-order valence-corrected chi connectivity index (χ1v) is 11.1. The van der Waals surface area contributed by atoms with E-state index >= 15 is 0 Å². The predicted molar refractivity (Wildman–Crippen MR) is 123 cm³/mol. The van der Waals surface area contributed by atoms with Gasteiger partial charge in [-0.05, 0) is 19.1 Å². The number of carbonyl (C=O) groups excluding carboxylic acids is 5. The Hall–Kier alpha value is -3.32. The maximum atomic E-state index is 14.1. The highest BCUT2D eigenvalue weighted by Crippen LogP contribution is 2.33. The molecule has 4 amide bonds. The number of carbonyl (C=O) groups is 6. The number of nitrogens with zero attached hydrogens (tertiary/aromatic N) is 1. The number of rotatable bonds is 9. The molecule has 0 aromatic heterocycles. The molecule has 1 aliphatic rings. The minimum Gasteiger partial charge on any atom is -0.481 e. The van der Waals surface area contributed by atoms with Crippen molar-refractivity contribution in [3.63, 3.8) is 0 Å². The third-order valence-electron chi connectivity index (χ3n) is 5.07. The lowest BCUT2D eigenvalue weighted by Crippen LogP contribution is -2.54. The molecule has 1 aliphatic heterocycles. The van der Waals surface area contributed by atoms with Gasteiger partial charge >= 0.3 is 5.97 Å². The minimum atomic E-state index is -3.44. The zero-order valence-electron chi connectivity index (χ0n) is 18.9. The lowest BCUT2D eigenvalue weighted by Gasteiger charge is -2.27. The summed E-state index contributed by atoms with van der Waals surface area (Å²) >= 11 is 12.1. The van der Waals surface area contributed by atoms with E-state index in [-0.39, 0.29) is 27.6 Å². The number of carboxylic acids is 1. The minimum absolute atomic E-state index is 0.0659. The van der Waals surface area contributed by atoms with Crippen LogP contribution >= 0.6 is 23.2 Å². The Morgan fingerprint density at radius 2 is 1.78 bits per heavy atom. The molecule has 0 bridgehead atoms. The highest BCUT2D eigenvalue weighted by Gasteiger charge is 2.51. The summed E-state index contributed by atoms with van der Waals surface area (Å²) in [6.07, 6.45) is -1.69. The Morgan fingerprint density at radius 1 is 1.19 bits per heavy atom. The van der Waals surface area contributed by atoms with Crippen molar-refractivity contribution in [2.45, 2.75) is 50.7 Å². The Balaban J connectivity index is 2.17. The summed E-state index contributed by atoms with van der Waals surface area (Å²) in [6, 6.07) is -2.21. The van der Waals surface area contributed by atoms with Crippen LogP contribution in [-0.4, -0.2) is 76.5 Å². The van der Waals surface area contributed by atoms with E-state index in [2.05, 4.69) is 10.6 Å². The number of amides is 4. The van der Waals surface area contributed by atoms with E-state index < -0.39 is 73.0 Å². The molecule has 0 radical (unpaired) electrons. The zero-order chi connectivity index (χ0) is 27.4. The number of alkyl halides is 2. The maximum Gasteiger partial charge on any atom is 0.305 e. The number of halogens is 4. The monoisotopic (exact) mass is 550 g/mol. The first kappa shape index (κ1) is 28.9. The Morgan fingerprint density at radius 3 is 2.28 bits per heavy atom. The maximum absolute atomic E-state index is 14.1. The molecule has 0 spiro atoms. The molecular weight excluding hydrogens is 529 g/mol. The largest absolute Gasteiger partial charge is 0.481 e. The van der Waals surface area contributed by atoms with E-state index in [1.807, 2.05) is 5.32 Å². The molecule has 4 N–H and O–H groups in total. The summed E-state index contributed by atoms with van der Waals surface area (Å²) in [5.41, 5.74) is -0.0292. The van der Waals surface area contributed by atoms with E-state index in [4.69, 9.17) is 28.3 Å². The third kappa shape index (κ3) is 7.34. The Kier molecular flexibility index (Phi) is 9.32. The molecule has 3 atom stereocenters. The van der Waals surface area contributed by atoms with Gasteiger partial charge in [0.25, 0.3) is 11.8 Å². The summed E-state index contributed by atoms with van der Waals surface area (Å²) in [7, 11) is 0. The fourth-order valence-electron chi connectivity index (χ4n) is 3.47. The quantitative estimate of drug-likeness (QED) is 0.338. The van der Waals surface area contributed by atoms with Gasteiger partial charge in [-0.2, -0.15) is 0 Å². The predicted octanol–water partition coefficient (Wildman–Crippen LogP) is 1.46. The van der Waals surface area contributed by atoms with Gasteiger partial charge < -0.3 is 30.8 Å². The van der Waals surface area contributed by atoms with Crippen LogP contribution in [0, 0.1) is 0 Å². The number of carboxylic acid groups (broad SMARTS) is 1. The van der Waals surface area contributed by atoms with Gasteiger partial charge in [0, 0.05) is 18.9 Å². The van der Waals surface area contributed by atoms with Crippen molar-refractivity contribution in [1.82, 2.24) is 15.5 Å². The first-order valence-electron chi connectivity index (χ1n) is 10.4. The number of hydrogen-bond acceptors (Lipinski definition) is 6. The number of likely N-dealkylation sites (tertiary alicyclic amines) is 1. The van der Waals surface area contributed by atoms with Crippen LogP contribution in [0.4, 0.5) is 14.5 Å². The smallest absolute Gasteiger partial charge is 0.305 e. The van der Waals surface area contributed by atoms with Crippen molar-refractivity contribution >= 4 is 64.8 Å². The summed E-state index contributed by atoms with van der Waals surface area (Å²) < 4.78 is 28.2. The normalized spacial score (nSPS) is 18.1. The van der Waals surface area contributed by atoms with Crippen LogP contribution in [0.3, 0.4) is 0 Å². The van der Waals surface area contributed by atoms with Crippen LogP contribution in [0.25, 0.3) is 0 Å². The molecule has 1 aromatic carbocycles. The van der Waals surface area contributed by atoms with Gasteiger partial charge in [0.15, 0.2) is 0 Å². The van der Waals surface area contributed by atoms with Crippen molar-refractivity contribution in [3.05, 3.63) is 27.7 Å². The van der Waals surface area contributed by atoms with Crippen LogP contribution < -0.4 is 16.0 Å². The topological polar surface area (TPSA) is 162 Å². The van der Waals surface area contributed by atoms with Crippen LogP contribution in [0.2, 0.25) is 10.0 Å². The highest BCUT2D eigenvalue weighted by molar-refractivity contribution is 6.40. The molecule has 11 nitrogen and oxygen atoms in total. The second-order valence-corrected chi connectivity index (χ2v) is 8.90. The second-order valence-electron chi connectivity index (χ2n) is 8.08. The third-order valence-corrected chi connectivity index (χ3v) is 5.66. The first-order chi connectivity index (χ1) is 16.6. The summed E-state index contributed by atoms with van der Waals surface area (Å²) in [5, 5.41) is 15.4. The average molecular weight is 551 g/mol. The van der Waals surface area contributed by atoms with Gasteiger partial charge in [0.1, 0.15) is 18.4 Å². The molecule has 15 heteroatoms. The van der Waals surface area contributed by atoms with Gasteiger partial charge in [0.2, 0.25) is 17.7 Å². The average Bonchev–Trinajstić information content (AvgIpc) is 3.09. The Bertz CT molecular complexity index is 1080. The van der Waals surface area contributed by atoms with Crippen molar-refractivity contribution in [3.8, 4) is 0 Å². The molecule has 36 heavy (non-hydrogen) atoms. The molecule has 0 aliphatic carbocycles. The molecule has 1 aromatic rings. The number of aliphatic carboxylic acids is 1. The lowest BCUT2D eigenvalue weighted by atomic mass is 10.1. The number of hydrogen-bond donors (Lipinski definition) is 4. The summed E-state index contributed by atoms with van der Waals surface area (Å²) in [5.74, 6) is -8.30. The van der Waals surface area contributed by atoms with Gasteiger partial charge in [-0.1, -0.05) is 23.2 Å². The van der Waals surface area contributed by atoms with Crippen molar-refractivity contribution in [1.29, 1.82) is 0 Å². The Labute approximate surface area is 213 Å². The molecule has 196 valence electrons. The van der Waals surface area contributed by atoms with E-state index in [1.165, 1.54) is 26.0 Å². The number of benzene rings is 1. The number of nitrogens with one attached hydrogen (secondary N) is 3. The van der Waals surface area contributed by atoms with E-state index in [0.29, 0.717) is 4.90 Å². The fraction of sp³-hybridized carbons (Fsp3) is 0.429. The van der Waals surface area contributed by atoms with Crippen LogP contribution in [-0.2, 0) is 24.0 Å². The summed E-state index contributed by atoms with van der Waals surface area (Å²) in [6.45, 7) is 1.30. The highest BCUT2D eigenvalue weighted by atomic mass is 35.5. The molecular formula is C21H22Cl2F2N4O7. The molecule has 1 unspecified atom stereocenters. The van der Waals surface area contributed by atoms with Crippen molar-refractivity contribution in [2.24, 2.45) is 0 Å².